The fourth-order valence-electron chi connectivity index (χ4n) is 1.76. The molecular formula is C14H12BrNO3. The van der Waals surface area contributed by atoms with Crippen LogP contribution in [0.2, 0.25) is 0 Å². The average molecular weight is 322 g/mol. The maximum Gasteiger partial charge on any atom is 0.340 e. The van der Waals surface area contributed by atoms with Crippen LogP contribution in [0.25, 0.3) is 11.3 Å². The summed E-state index contributed by atoms with van der Waals surface area (Å²) in [5, 5.41) is 0. The second-order valence-electron chi connectivity index (χ2n) is 3.74. The summed E-state index contributed by atoms with van der Waals surface area (Å²) in [7, 11) is 2.92. The number of carbonyl (C=O) groups is 1. The normalized spacial score (nSPS) is 10.1. The largest absolute Gasteiger partial charge is 0.496 e. The van der Waals surface area contributed by atoms with E-state index in [9.17, 15) is 4.79 Å². The summed E-state index contributed by atoms with van der Waals surface area (Å²) in [4.78, 5) is 16.0. The van der Waals surface area contributed by atoms with E-state index in [0.717, 1.165) is 10.0 Å². The molecule has 5 heteroatoms. The zero-order valence-corrected chi connectivity index (χ0v) is 12.1. The van der Waals surface area contributed by atoms with Gasteiger partial charge in [-0.3, -0.25) is 4.98 Å². The molecule has 0 unspecified atom stereocenters. The van der Waals surface area contributed by atoms with E-state index in [1.807, 2.05) is 18.2 Å². The molecule has 98 valence electrons. The topological polar surface area (TPSA) is 48.4 Å². The molecule has 0 radical (unpaired) electrons. The van der Waals surface area contributed by atoms with Gasteiger partial charge in [-0.25, -0.2) is 4.79 Å². The van der Waals surface area contributed by atoms with E-state index in [2.05, 4.69) is 20.9 Å². The van der Waals surface area contributed by atoms with Gasteiger partial charge >= 0.3 is 5.97 Å². The van der Waals surface area contributed by atoms with E-state index in [0.29, 0.717) is 17.0 Å². The van der Waals surface area contributed by atoms with Crippen LogP contribution in [0.3, 0.4) is 0 Å². The average Bonchev–Trinajstić information content (AvgIpc) is 2.46. The van der Waals surface area contributed by atoms with E-state index < -0.39 is 5.97 Å². The molecule has 1 heterocycles. The molecule has 0 aliphatic heterocycles. The lowest BCUT2D eigenvalue weighted by atomic mass is 10.0. The van der Waals surface area contributed by atoms with Gasteiger partial charge in [0.2, 0.25) is 0 Å². The second kappa shape index (κ2) is 5.84. The monoisotopic (exact) mass is 321 g/mol. The maximum absolute atomic E-state index is 11.8. The number of rotatable bonds is 3. The van der Waals surface area contributed by atoms with Crippen LogP contribution in [-0.2, 0) is 4.74 Å². The van der Waals surface area contributed by atoms with E-state index >= 15 is 0 Å². The Morgan fingerprint density at radius 3 is 2.74 bits per heavy atom. The van der Waals surface area contributed by atoms with Crippen LogP contribution in [0.15, 0.2) is 41.0 Å². The van der Waals surface area contributed by atoms with Gasteiger partial charge in [0.05, 0.1) is 25.5 Å². The maximum atomic E-state index is 11.8. The van der Waals surface area contributed by atoms with Crippen LogP contribution in [0.5, 0.6) is 5.75 Å². The van der Waals surface area contributed by atoms with Gasteiger partial charge < -0.3 is 9.47 Å². The Balaban J connectivity index is 2.62. The smallest absolute Gasteiger partial charge is 0.340 e. The summed E-state index contributed by atoms with van der Waals surface area (Å²) in [6.45, 7) is 0. The third-order valence-electron chi connectivity index (χ3n) is 2.63. The predicted octanol–water partition coefficient (Wildman–Crippen LogP) is 3.31. The van der Waals surface area contributed by atoms with E-state index in [-0.39, 0.29) is 0 Å². The van der Waals surface area contributed by atoms with E-state index in [1.54, 1.807) is 25.4 Å². The Bertz CT molecular complexity index is 613. The van der Waals surface area contributed by atoms with Gasteiger partial charge in [-0.2, -0.15) is 0 Å². The number of carbonyl (C=O) groups excluding carboxylic acids is 1. The highest BCUT2D eigenvalue weighted by molar-refractivity contribution is 9.10. The first-order valence-corrected chi connectivity index (χ1v) is 6.34. The lowest BCUT2D eigenvalue weighted by Crippen LogP contribution is -2.05. The van der Waals surface area contributed by atoms with Gasteiger partial charge in [0.1, 0.15) is 5.75 Å². The zero-order chi connectivity index (χ0) is 13.8. The van der Waals surface area contributed by atoms with Gasteiger partial charge in [0, 0.05) is 16.2 Å². The second-order valence-corrected chi connectivity index (χ2v) is 4.65. The number of ether oxygens (including phenoxy) is 2. The summed E-state index contributed by atoms with van der Waals surface area (Å²) in [6.07, 6.45) is 1.63. The summed E-state index contributed by atoms with van der Waals surface area (Å²) in [5.74, 6) is 0.214. The van der Waals surface area contributed by atoms with Crippen molar-refractivity contribution in [2.24, 2.45) is 0 Å². The molecular weight excluding hydrogens is 310 g/mol. The number of methoxy groups -OCH3 is 2. The number of nitrogens with zero attached hydrogens (tertiary/aromatic N) is 1. The lowest BCUT2D eigenvalue weighted by molar-refractivity contribution is 0.0601. The minimum atomic E-state index is -0.423. The van der Waals surface area contributed by atoms with Crippen LogP contribution in [-0.4, -0.2) is 25.2 Å². The van der Waals surface area contributed by atoms with Crippen molar-refractivity contribution in [1.82, 2.24) is 4.98 Å². The molecule has 2 rings (SSSR count). The molecule has 0 fully saturated rings. The molecule has 0 aliphatic carbocycles. The van der Waals surface area contributed by atoms with E-state index in [1.165, 1.54) is 7.11 Å². The minimum Gasteiger partial charge on any atom is -0.496 e. The Morgan fingerprint density at radius 2 is 2.05 bits per heavy atom. The molecule has 0 saturated heterocycles. The third-order valence-corrected chi connectivity index (χ3v) is 3.12. The van der Waals surface area contributed by atoms with E-state index in [4.69, 9.17) is 9.47 Å². The number of halogens is 1. The Labute approximate surface area is 119 Å². The van der Waals surface area contributed by atoms with Crippen LogP contribution < -0.4 is 4.74 Å². The van der Waals surface area contributed by atoms with Crippen molar-refractivity contribution in [2.45, 2.75) is 0 Å². The van der Waals surface area contributed by atoms with Crippen molar-refractivity contribution in [2.75, 3.05) is 14.2 Å². The number of esters is 1. The first kappa shape index (κ1) is 13.5. The molecule has 4 nitrogen and oxygen atoms in total. The van der Waals surface area contributed by atoms with Gasteiger partial charge in [-0.05, 0) is 30.3 Å². The fraction of sp³-hybridized carbons (Fsp3) is 0.143. The summed E-state index contributed by atoms with van der Waals surface area (Å²) >= 11 is 3.38. The molecule has 2 aromatic rings. The van der Waals surface area contributed by atoms with Crippen molar-refractivity contribution in [3.8, 4) is 17.0 Å². The number of hydrogen-bond donors (Lipinski definition) is 0. The Kier molecular flexibility index (Phi) is 4.16. The van der Waals surface area contributed by atoms with Crippen molar-refractivity contribution in [3.05, 3.63) is 46.6 Å². The molecule has 0 N–H and O–H groups in total. The highest BCUT2D eigenvalue weighted by Gasteiger charge is 2.17. The molecule has 1 aromatic carbocycles. The number of hydrogen-bond acceptors (Lipinski definition) is 4. The Hall–Kier alpha value is -1.88. The number of aromatic nitrogens is 1. The Morgan fingerprint density at radius 1 is 1.26 bits per heavy atom. The SMILES string of the molecule is COC(=O)c1cccnc1-c1ccc(Br)cc1OC. The highest BCUT2D eigenvalue weighted by Crippen LogP contribution is 2.33. The summed E-state index contributed by atoms with van der Waals surface area (Å²) in [5.41, 5.74) is 1.69. The van der Waals surface area contributed by atoms with Crippen molar-refractivity contribution in [1.29, 1.82) is 0 Å². The molecule has 0 amide bonds. The van der Waals surface area contributed by atoms with Gasteiger partial charge in [0.15, 0.2) is 0 Å². The zero-order valence-electron chi connectivity index (χ0n) is 10.5. The van der Waals surface area contributed by atoms with Crippen LogP contribution >= 0.6 is 15.9 Å². The summed E-state index contributed by atoms with van der Waals surface area (Å²) < 4.78 is 11.0. The van der Waals surface area contributed by atoms with Crippen molar-refractivity contribution >= 4 is 21.9 Å². The van der Waals surface area contributed by atoms with Gasteiger partial charge in [-0.1, -0.05) is 15.9 Å². The first-order chi connectivity index (χ1) is 9.17. The van der Waals surface area contributed by atoms with Gasteiger partial charge in [-0.15, -0.1) is 0 Å². The minimum absolute atomic E-state index is 0.408. The highest BCUT2D eigenvalue weighted by atomic mass is 79.9. The summed E-state index contributed by atoms with van der Waals surface area (Å²) in [6, 6.07) is 8.91. The number of benzene rings is 1. The number of pyridine rings is 1. The molecule has 1 aromatic heterocycles. The quantitative estimate of drug-likeness (QED) is 0.814. The third kappa shape index (κ3) is 2.76. The van der Waals surface area contributed by atoms with Crippen LogP contribution in [0, 0.1) is 0 Å². The molecule has 0 saturated carbocycles. The predicted molar refractivity (Wildman–Crippen MR) is 75.3 cm³/mol. The van der Waals surface area contributed by atoms with Crippen LogP contribution in [0.1, 0.15) is 10.4 Å². The molecule has 0 bridgehead atoms. The molecule has 0 aliphatic rings. The lowest BCUT2D eigenvalue weighted by Gasteiger charge is -2.11. The standard InChI is InChI=1S/C14H12BrNO3/c1-18-12-8-9(15)5-6-10(12)13-11(14(17)19-2)4-3-7-16-13/h3-8H,1-2H3. The van der Waals surface area contributed by atoms with Crippen LogP contribution in [0.4, 0.5) is 0 Å². The fourth-order valence-corrected chi connectivity index (χ4v) is 2.10. The first-order valence-electron chi connectivity index (χ1n) is 5.54. The van der Waals surface area contributed by atoms with Crippen molar-refractivity contribution < 1.29 is 14.3 Å². The molecule has 0 spiro atoms. The van der Waals surface area contributed by atoms with Gasteiger partial charge in [0.25, 0.3) is 0 Å². The molecule has 0 atom stereocenters. The van der Waals surface area contributed by atoms with Crippen molar-refractivity contribution in [3.63, 3.8) is 0 Å². The molecule has 19 heavy (non-hydrogen) atoms.